The maximum Gasteiger partial charge on any atom is 0.405 e. The highest BCUT2D eigenvalue weighted by Gasteiger charge is 2.40. The van der Waals surface area contributed by atoms with Crippen molar-refractivity contribution >= 4 is 6.09 Å². The molecule has 0 aromatic heterocycles. The molecule has 0 bridgehead atoms. The third-order valence-corrected chi connectivity index (χ3v) is 8.75. The van der Waals surface area contributed by atoms with Crippen molar-refractivity contribution < 1.29 is 33.6 Å². The van der Waals surface area contributed by atoms with Crippen molar-refractivity contribution in [1.29, 1.82) is 0 Å². The maximum absolute atomic E-state index is 11.4. The molecule has 3 unspecified atom stereocenters. The van der Waals surface area contributed by atoms with Crippen LogP contribution in [0.15, 0.2) is 48.5 Å². The second kappa shape index (κ2) is 19.8. The Morgan fingerprint density at radius 2 is 1.67 bits per heavy atom. The van der Waals surface area contributed by atoms with E-state index in [1.165, 1.54) is 11.1 Å². The number of ether oxygens (including phenoxy) is 5. The summed E-state index contributed by atoms with van der Waals surface area (Å²) >= 11 is 0. The number of hydrogen-bond donors (Lipinski definition) is 2. The third-order valence-electron chi connectivity index (χ3n) is 8.75. The van der Waals surface area contributed by atoms with Crippen LogP contribution in [0.25, 0.3) is 0 Å². The quantitative estimate of drug-likeness (QED) is 0.178. The molecule has 0 heterocycles. The number of aliphatic hydroxyl groups excluding tert-OH is 1. The van der Waals surface area contributed by atoms with Gasteiger partial charge >= 0.3 is 6.09 Å². The fourth-order valence-electron chi connectivity index (χ4n) is 6.21. The topological polar surface area (TPSA) is 109 Å². The summed E-state index contributed by atoms with van der Waals surface area (Å²) in [5.41, 5.74) is 6.74. The Balaban J connectivity index is 0.000000812. The summed E-state index contributed by atoms with van der Waals surface area (Å²) in [6.45, 7) is 17.0. The predicted molar refractivity (Wildman–Crippen MR) is 184 cm³/mol. The standard InChI is InChI=1S/C33H50O5.C5H11NO2/c1-23(2)28(22-37-21-25-11-8-7-9-12-25)19-31(34)27-17-29(24(3)4)30(18-27)26-13-14-32(36-6)33(20-26)38-16-10-15-35-5;1-5(2,3)8-4(6)7/h7-9,11-14,20,23-24,27-31,34H,10,15-19,21-22H2,1-6H3;1-3H3,(H2,6,7)/t27-,28?,29?,30+,31?;/m1./s1. The van der Waals surface area contributed by atoms with E-state index in [9.17, 15) is 9.90 Å². The van der Waals surface area contributed by atoms with Gasteiger partial charge in [0.05, 0.1) is 33.0 Å². The van der Waals surface area contributed by atoms with Crippen LogP contribution < -0.4 is 15.2 Å². The maximum atomic E-state index is 11.4. The number of carbonyl (C=O) groups excluding carboxylic acids is 1. The molecule has 0 radical (unpaired) electrons. The van der Waals surface area contributed by atoms with Gasteiger partial charge in [-0.05, 0) is 98.8 Å². The van der Waals surface area contributed by atoms with Gasteiger partial charge in [0.1, 0.15) is 5.60 Å². The number of nitrogens with two attached hydrogens (primary N) is 1. The number of aliphatic hydroxyl groups is 1. The summed E-state index contributed by atoms with van der Waals surface area (Å²) in [5, 5.41) is 11.4. The molecule has 2 aromatic carbocycles. The minimum Gasteiger partial charge on any atom is -0.493 e. The van der Waals surface area contributed by atoms with Crippen molar-refractivity contribution in [3.63, 3.8) is 0 Å². The van der Waals surface area contributed by atoms with Crippen molar-refractivity contribution in [3.8, 4) is 11.5 Å². The average Bonchev–Trinajstić information content (AvgIpc) is 3.44. The Hall–Kier alpha value is -2.81. The fourth-order valence-corrected chi connectivity index (χ4v) is 6.21. The first-order valence-electron chi connectivity index (χ1n) is 16.8. The average molecular weight is 644 g/mol. The van der Waals surface area contributed by atoms with Crippen LogP contribution in [0.1, 0.15) is 91.2 Å². The van der Waals surface area contributed by atoms with Crippen LogP contribution in [0.2, 0.25) is 0 Å². The Kier molecular flexibility index (Phi) is 16.9. The van der Waals surface area contributed by atoms with Gasteiger partial charge in [0.25, 0.3) is 0 Å². The van der Waals surface area contributed by atoms with E-state index in [2.05, 4.69) is 56.7 Å². The van der Waals surface area contributed by atoms with Crippen molar-refractivity contribution in [2.45, 2.75) is 98.4 Å². The van der Waals surface area contributed by atoms with Gasteiger partial charge in [-0.15, -0.1) is 0 Å². The molecular weight excluding hydrogens is 582 g/mol. The highest BCUT2D eigenvalue weighted by Crippen LogP contribution is 2.49. The van der Waals surface area contributed by atoms with E-state index < -0.39 is 11.7 Å². The Bertz CT molecular complexity index is 1130. The molecule has 46 heavy (non-hydrogen) atoms. The summed E-state index contributed by atoms with van der Waals surface area (Å²) in [4.78, 5) is 10.0. The number of rotatable bonds is 16. The van der Waals surface area contributed by atoms with Crippen LogP contribution in [0.3, 0.4) is 0 Å². The van der Waals surface area contributed by atoms with Gasteiger partial charge < -0.3 is 34.5 Å². The summed E-state index contributed by atoms with van der Waals surface area (Å²) in [7, 11) is 3.39. The fraction of sp³-hybridized carbons (Fsp3) is 0.658. The predicted octanol–water partition coefficient (Wildman–Crippen LogP) is 8.00. The molecule has 5 atom stereocenters. The van der Waals surface area contributed by atoms with E-state index in [1.807, 2.05) is 24.3 Å². The molecule has 8 nitrogen and oxygen atoms in total. The Morgan fingerprint density at radius 1 is 0.978 bits per heavy atom. The van der Waals surface area contributed by atoms with Gasteiger partial charge in [-0.1, -0.05) is 64.1 Å². The van der Waals surface area contributed by atoms with E-state index in [-0.39, 0.29) is 12.0 Å². The van der Waals surface area contributed by atoms with Crippen molar-refractivity contribution in [1.82, 2.24) is 0 Å². The summed E-state index contributed by atoms with van der Waals surface area (Å²) in [6.07, 6.45) is 2.62. The first kappa shape index (κ1) is 39.4. The smallest absolute Gasteiger partial charge is 0.405 e. The molecule has 3 rings (SSSR count). The number of carbonyl (C=O) groups is 1. The van der Waals surface area contributed by atoms with Gasteiger partial charge in [0.15, 0.2) is 11.5 Å². The number of methoxy groups -OCH3 is 2. The lowest BCUT2D eigenvalue weighted by Crippen LogP contribution is -2.27. The molecule has 8 heteroatoms. The second-order valence-corrected chi connectivity index (χ2v) is 14.2. The lowest BCUT2D eigenvalue weighted by molar-refractivity contribution is 0.0237. The number of benzene rings is 2. The van der Waals surface area contributed by atoms with Gasteiger partial charge in [0.2, 0.25) is 0 Å². The first-order chi connectivity index (χ1) is 21.7. The van der Waals surface area contributed by atoms with Gasteiger partial charge in [-0.25, -0.2) is 4.79 Å². The van der Waals surface area contributed by atoms with Crippen molar-refractivity contribution in [2.75, 3.05) is 34.0 Å². The van der Waals surface area contributed by atoms with Gasteiger partial charge in [0, 0.05) is 20.1 Å². The third kappa shape index (κ3) is 13.9. The van der Waals surface area contributed by atoms with E-state index in [1.54, 1.807) is 35.0 Å². The number of primary amides is 1. The molecule has 1 aliphatic carbocycles. The highest BCUT2D eigenvalue weighted by molar-refractivity contribution is 5.65. The first-order valence-corrected chi connectivity index (χ1v) is 16.8. The lowest BCUT2D eigenvalue weighted by Gasteiger charge is -2.27. The largest absolute Gasteiger partial charge is 0.493 e. The van der Waals surface area contributed by atoms with Crippen LogP contribution in [-0.4, -0.2) is 56.9 Å². The SMILES string of the molecule is CC(C)(C)OC(N)=O.COCCCOc1cc([C@@H]2C[C@H](C(O)CC(COCc3ccccc3)C(C)C)CC2C(C)C)ccc1OC. The molecule has 260 valence electrons. The van der Waals surface area contributed by atoms with E-state index in [0.29, 0.717) is 56.0 Å². The molecule has 2 aromatic rings. The summed E-state index contributed by atoms with van der Waals surface area (Å²) < 4.78 is 27.5. The van der Waals surface area contributed by atoms with E-state index >= 15 is 0 Å². The zero-order valence-electron chi connectivity index (χ0n) is 29.8. The monoisotopic (exact) mass is 643 g/mol. The van der Waals surface area contributed by atoms with Crippen LogP contribution >= 0.6 is 0 Å². The summed E-state index contributed by atoms with van der Waals surface area (Å²) in [6, 6.07) is 16.7. The van der Waals surface area contributed by atoms with E-state index in [4.69, 9.17) is 24.7 Å². The second-order valence-electron chi connectivity index (χ2n) is 14.2. The molecular formula is C38H61NO7. The minimum absolute atomic E-state index is 0.288. The molecule has 1 saturated carbocycles. The number of amides is 1. The van der Waals surface area contributed by atoms with Gasteiger partial charge in [-0.2, -0.15) is 0 Å². The molecule has 0 aliphatic heterocycles. The van der Waals surface area contributed by atoms with Crippen LogP contribution in [0.5, 0.6) is 11.5 Å². The van der Waals surface area contributed by atoms with Gasteiger partial charge in [-0.3, -0.25) is 0 Å². The molecule has 1 amide bonds. The van der Waals surface area contributed by atoms with Crippen molar-refractivity contribution in [3.05, 3.63) is 59.7 Å². The summed E-state index contributed by atoms with van der Waals surface area (Å²) in [5.74, 6) is 4.10. The number of hydrogen-bond acceptors (Lipinski definition) is 7. The molecule has 3 N–H and O–H groups in total. The van der Waals surface area contributed by atoms with E-state index in [0.717, 1.165) is 37.2 Å². The molecule has 0 spiro atoms. The molecule has 0 saturated heterocycles. The molecule has 1 aliphatic rings. The molecule has 1 fully saturated rings. The van der Waals surface area contributed by atoms with Crippen LogP contribution in [0, 0.1) is 29.6 Å². The Morgan fingerprint density at radius 3 is 2.22 bits per heavy atom. The normalized spacial score (nSPS) is 19.3. The zero-order chi connectivity index (χ0) is 34.3. The van der Waals surface area contributed by atoms with Crippen LogP contribution in [-0.2, 0) is 20.8 Å². The zero-order valence-corrected chi connectivity index (χ0v) is 29.8. The lowest BCUT2D eigenvalue weighted by atomic mass is 9.82. The minimum atomic E-state index is -0.725. The Labute approximate surface area is 278 Å². The van der Waals surface area contributed by atoms with Crippen molar-refractivity contribution in [2.24, 2.45) is 35.3 Å². The highest BCUT2D eigenvalue weighted by atomic mass is 16.6. The van der Waals surface area contributed by atoms with Crippen LogP contribution in [0.4, 0.5) is 4.79 Å².